The SMILES string of the molecule is CSc1ncc(C(=O)O)c(-c2ccc([C@@H](C)N3CCCCC3)cc2)n1. The maximum Gasteiger partial charge on any atom is 0.339 e. The molecule has 1 fully saturated rings. The predicted octanol–water partition coefficient (Wildman–Crippen LogP) is 4.11. The number of carbonyl (C=O) groups is 1. The minimum Gasteiger partial charge on any atom is -0.478 e. The van der Waals surface area contributed by atoms with Crippen LogP contribution in [0.15, 0.2) is 35.6 Å². The van der Waals surface area contributed by atoms with Crippen LogP contribution in [0.4, 0.5) is 0 Å². The van der Waals surface area contributed by atoms with Crippen molar-refractivity contribution in [2.45, 2.75) is 37.4 Å². The summed E-state index contributed by atoms with van der Waals surface area (Å²) in [6.07, 6.45) is 7.13. The van der Waals surface area contributed by atoms with Gasteiger partial charge in [0.05, 0.1) is 5.69 Å². The first kappa shape index (κ1) is 17.9. The predicted molar refractivity (Wildman–Crippen MR) is 100 cm³/mol. The summed E-state index contributed by atoms with van der Waals surface area (Å²) in [4.78, 5) is 22.5. The molecule has 25 heavy (non-hydrogen) atoms. The van der Waals surface area contributed by atoms with Crippen LogP contribution >= 0.6 is 11.8 Å². The quantitative estimate of drug-likeness (QED) is 0.642. The first-order valence-corrected chi connectivity index (χ1v) is 9.81. The van der Waals surface area contributed by atoms with Crippen LogP contribution < -0.4 is 0 Å². The molecule has 2 aromatic rings. The Kier molecular flexibility index (Phi) is 5.71. The van der Waals surface area contributed by atoms with E-state index in [0.717, 1.165) is 18.7 Å². The lowest BCUT2D eigenvalue weighted by Crippen LogP contribution is -2.32. The van der Waals surface area contributed by atoms with Crippen LogP contribution in [-0.4, -0.2) is 45.3 Å². The molecule has 1 atom stereocenters. The smallest absolute Gasteiger partial charge is 0.339 e. The number of rotatable bonds is 5. The summed E-state index contributed by atoms with van der Waals surface area (Å²) in [5.74, 6) is -1.01. The molecule has 0 spiro atoms. The van der Waals surface area contributed by atoms with Gasteiger partial charge < -0.3 is 5.11 Å². The highest BCUT2D eigenvalue weighted by molar-refractivity contribution is 7.98. The molecule has 1 aliphatic rings. The number of likely N-dealkylation sites (tertiary alicyclic amines) is 1. The molecule has 0 unspecified atom stereocenters. The normalized spacial score (nSPS) is 16.6. The second-order valence-corrected chi connectivity index (χ2v) is 7.09. The van der Waals surface area contributed by atoms with E-state index in [0.29, 0.717) is 16.9 Å². The molecule has 1 saturated heterocycles. The molecule has 132 valence electrons. The van der Waals surface area contributed by atoms with Gasteiger partial charge in [0.25, 0.3) is 0 Å². The molecule has 1 N–H and O–H groups in total. The largest absolute Gasteiger partial charge is 0.478 e. The number of hydrogen-bond donors (Lipinski definition) is 1. The van der Waals surface area contributed by atoms with Gasteiger partial charge in [-0.2, -0.15) is 0 Å². The summed E-state index contributed by atoms with van der Waals surface area (Å²) in [6, 6.07) is 8.48. The van der Waals surface area contributed by atoms with E-state index in [-0.39, 0.29) is 5.56 Å². The monoisotopic (exact) mass is 357 g/mol. The number of benzene rings is 1. The van der Waals surface area contributed by atoms with Gasteiger partial charge in [0.15, 0.2) is 5.16 Å². The number of piperidine rings is 1. The number of carboxylic acid groups (broad SMARTS) is 1. The van der Waals surface area contributed by atoms with Gasteiger partial charge >= 0.3 is 5.97 Å². The van der Waals surface area contributed by atoms with E-state index < -0.39 is 5.97 Å². The lowest BCUT2D eigenvalue weighted by molar-refractivity contribution is 0.0696. The highest BCUT2D eigenvalue weighted by Gasteiger charge is 2.19. The fourth-order valence-corrected chi connectivity index (χ4v) is 3.62. The van der Waals surface area contributed by atoms with Crippen molar-refractivity contribution in [3.05, 3.63) is 41.6 Å². The van der Waals surface area contributed by atoms with Gasteiger partial charge in [0.1, 0.15) is 5.56 Å². The van der Waals surface area contributed by atoms with E-state index >= 15 is 0 Å². The molecule has 0 bridgehead atoms. The molecule has 0 amide bonds. The maximum absolute atomic E-state index is 11.5. The zero-order chi connectivity index (χ0) is 17.8. The number of hydrogen-bond acceptors (Lipinski definition) is 5. The van der Waals surface area contributed by atoms with Crippen molar-refractivity contribution in [2.75, 3.05) is 19.3 Å². The first-order chi connectivity index (χ1) is 12.1. The van der Waals surface area contributed by atoms with E-state index in [1.165, 1.54) is 42.8 Å². The molecule has 1 aromatic heterocycles. The Morgan fingerprint density at radius 3 is 2.48 bits per heavy atom. The van der Waals surface area contributed by atoms with Crippen molar-refractivity contribution in [3.8, 4) is 11.3 Å². The molecule has 0 radical (unpaired) electrons. The van der Waals surface area contributed by atoms with E-state index in [1.807, 2.05) is 18.4 Å². The molecule has 3 rings (SSSR count). The van der Waals surface area contributed by atoms with Crippen LogP contribution in [0, 0.1) is 0 Å². The highest BCUT2D eigenvalue weighted by Crippen LogP contribution is 2.28. The topological polar surface area (TPSA) is 66.3 Å². The van der Waals surface area contributed by atoms with Crippen LogP contribution in [0.2, 0.25) is 0 Å². The third-order valence-corrected chi connectivity index (χ3v) is 5.35. The Balaban J connectivity index is 1.88. The van der Waals surface area contributed by atoms with Gasteiger partial charge in [-0.3, -0.25) is 4.90 Å². The van der Waals surface area contributed by atoms with E-state index in [2.05, 4.69) is 33.9 Å². The summed E-state index contributed by atoms with van der Waals surface area (Å²) in [6.45, 7) is 4.53. The summed E-state index contributed by atoms with van der Waals surface area (Å²) in [5.41, 5.74) is 2.67. The summed E-state index contributed by atoms with van der Waals surface area (Å²) < 4.78 is 0. The number of aromatic carboxylic acids is 1. The zero-order valence-corrected chi connectivity index (χ0v) is 15.4. The third kappa shape index (κ3) is 4.02. The molecule has 2 heterocycles. The summed E-state index contributed by atoms with van der Waals surface area (Å²) >= 11 is 1.40. The first-order valence-electron chi connectivity index (χ1n) is 8.59. The third-order valence-electron chi connectivity index (χ3n) is 4.78. The van der Waals surface area contributed by atoms with Gasteiger partial charge in [-0.1, -0.05) is 42.4 Å². The van der Waals surface area contributed by atoms with Crippen LogP contribution in [0.3, 0.4) is 0 Å². The molecular formula is C19H23N3O2S. The fraction of sp³-hybridized carbons (Fsp3) is 0.421. The van der Waals surface area contributed by atoms with Gasteiger partial charge in [0, 0.05) is 17.8 Å². The van der Waals surface area contributed by atoms with Gasteiger partial charge in [-0.05, 0) is 44.7 Å². The van der Waals surface area contributed by atoms with Crippen LogP contribution in [0.25, 0.3) is 11.3 Å². The average molecular weight is 357 g/mol. The summed E-state index contributed by atoms with van der Waals surface area (Å²) in [5, 5.41) is 9.98. The Labute approximate surface area is 152 Å². The highest BCUT2D eigenvalue weighted by atomic mass is 32.2. The minimum absolute atomic E-state index is 0.134. The van der Waals surface area contributed by atoms with Crippen LogP contribution in [-0.2, 0) is 0 Å². The van der Waals surface area contributed by atoms with Crippen molar-refractivity contribution < 1.29 is 9.90 Å². The molecule has 0 aliphatic carbocycles. The van der Waals surface area contributed by atoms with Crippen molar-refractivity contribution in [2.24, 2.45) is 0 Å². The van der Waals surface area contributed by atoms with E-state index in [4.69, 9.17) is 0 Å². The van der Waals surface area contributed by atoms with Crippen molar-refractivity contribution in [1.29, 1.82) is 0 Å². The number of aromatic nitrogens is 2. The van der Waals surface area contributed by atoms with Crippen molar-refractivity contribution >= 4 is 17.7 Å². The lowest BCUT2D eigenvalue weighted by atomic mass is 10.00. The van der Waals surface area contributed by atoms with Crippen LogP contribution in [0.1, 0.15) is 48.1 Å². The zero-order valence-electron chi connectivity index (χ0n) is 14.6. The molecule has 0 saturated carbocycles. The summed E-state index contributed by atoms with van der Waals surface area (Å²) in [7, 11) is 0. The Morgan fingerprint density at radius 1 is 1.20 bits per heavy atom. The van der Waals surface area contributed by atoms with Crippen LogP contribution in [0.5, 0.6) is 0 Å². The molecule has 5 nitrogen and oxygen atoms in total. The molecule has 1 aromatic carbocycles. The fourth-order valence-electron chi connectivity index (χ4n) is 3.28. The number of thioether (sulfide) groups is 1. The standard InChI is InChI=1S/C19H23N3O2S/c1-13(22-10-4-3-5-11-22)14-6-8-15(9-7-14)17-16(18(23)24)12-20-19(21-17)25-2/h6-9,12-13H,3-5,10-11H2,1-2H3,(H,23,24)/t13-/m1/s1. The van der Waals surface area contributed by atoms with Gasteiger partial charge in [-0.25, -0.2) is 14.8 Å². The van der Waals surface area contributed by atoms with E-state index in [1.54, 1.807) is 0 Å². The average Bonchev–Trinajstić information content (AvgIpc) is 2.67. The molecule has 1 aliphatic heterocycles. The van der Waals surface area contributed by atoms with Crippen molar-refractivity contribution in [3.63, 3.8) is 0 Å². The molecule has 6 heteroatoms. The Morgan fingerprint density at radius 2 is 1.88 bits per heavy atom. The minimum atomic E-state index is -1.01. The second kappa shape index (κ2) is 7.97. The Bertz CT molecular complexity index is 743. The number of carboxylic acids is 1. The Hall–Kier alpha value is -1.92. The van der Waals surface area contributed by atoms with Gasteiger partial charge in [0.2, 0.25) is 0 Å². The number of nitrogens with zero attached hydrogens (tertiary/aromatic N) is 3. The lowest BCUT2D eigenvalue weighted by Gasteiger charge is -2.32. The molecular weight excluding hydrogens is 334 g/mol. The van der Waals surface area contributed by atoms with Crippen molar-refractivity contribution in [1.82, 2.24) is 14.9 Å². The maximum atomic E-state index is 11.5. The second-order valence-electron chi connectivity index (χ2n) is 6.32. The van der Waals surface area contributed by atoms with E-state index in [9.17, 15) is 9.90 Å². The van der Waals surface area contributed by atoms with Gasteiger partial charge in [-0.15, -0.1) is 0 Å².